The Balaban J connectivity index is 4.20. The minimum Gasteiger partial charge on any atom is -0.469 e. The molecule has 17 heavy (non-hydrogen) atoms. The number of methoxy groups -OCH3 is 1. The second-order valence-electron chi connectivity index (χ2n) is 4.07. The fraction of sp³-hybridized carbons (Fsp3) is 0.667. The third kappa shape index (κ3) is 5.49. The lowest BCUT2D eigenvalue weighted by Crippen LogP contribution is -2.45. The molecule has 1 amide bonds. The molecule has 0 saturated heterocycles. The van der Waals surface area contributed by atoms with Crippen molar-refractivity contribution >= 4 is 11.9 Å². The molecule has 5 nitrogen and oxygen atoms in total. The average molecular weight is 242 g/mol. The highest BCUT2D eigenvalue weighted by atomic mass is 16.5. The van der Waals surface area contributed by atoms with E-state index in [0.29, 0.717) is 13.1 Å². The molecule has 0 rings (SSSR count). The molecule has 0 radical (unpaired) electrons. The normalized spacial score (nSPS) is 13.9. The van der Waals surface area contributed by atoms with Gasteiger partial charge >= 0.3 is 5.97 Å². The highest BCUT2D eigenvalue weighted by Gasteiger charge is 2.22. The Morgan fingerprint density at radius 3 is 2.53 bits per heavy atom. The highest BCUT2D eigenvalue weighted by molar-refractivity contribution is 5.81. The van der Waals surface area contributed by atoms with Gasteiger partial charge in [0.25, 0.3) is 0 Å². The van der Waals surface area contributed by atoms with Gasteiger partial charge in [-0.15, -0.1) is 6.58 Å². The van der Waals surface area contributed by atoms with Crippen molar-refractivity contribution in [3.05, 3.63) is 12.7 Å². The van der Waals surface area contributed by atoms with E-state index in [-0.39, 0.29) is 23.8 Å². The van der Waals surface area contributed by atoms with Crippen molar-refractivity contribution in [2.45, 2.75) is 19.9 Å². The van der Waals surface area contributed by atoms with Crippen molar-refractivity contribution in [3.8, 4) is 0 Å². The average Bonchev–Trinajstić information content (AvgIpc) is 2.33. The van der Waals surface area contributed by atoms with Crippen LogP contribution >= 0.6 is 0 Å². The van der Waals surface area contributed by atoms with Crippen LogP contribution in [0.4, 0.5) is 0 Å². The summed E-state index contributed by atoms with van der Waals surface area (Å²) in [7, 11) is 3.16. The van der Waals surface area contributed by atoms with Crippen LogP contribution in [0.25, 0.3) is 0 Å². The molecule has 2 unspecified atom stereocenters. The summed E-state index contributed by atoms with van der Waals surface area (Å²) in [4.78, 5) is 24.7. The molecule has 1 N–H and O–H groups in total. The topological polar surface area (TPSA) is 58.6 Å². The van der Waals surface area contributed by atoms with Crippen LogP contribution in [-0.2, 0) is 14.3 Å². The number of esters is 1. The second kappa shape index (κ2) is 7.84. The minimum atomic E-state index is -0.290. The molecule has 98 valence electrons. The molecule has 0 aromatic heterocycles. The predicted octanol–water partition coefficient (Wildman–Crippen LogP) is 0.418. The minimum absolute atomic E-state index is 0.0792. The maximum absolute atomic E-state index is 11.6. The monoisotopic (exact) mass is 242 g/mol. The number of hydrogen-bond acceptors (Lipinski definition) is 4. The SMILES string of the molecule is C=CCNC(=O)C(C)N(C)CC(C)C(=O)OC. The number of carbonyl (C=O) groups excluding carboxylic acids is 2. The van der Waals surface area contributed by atoms with E-state index < -0.39 is 0 Å². The molecule has 0 saturated carbocycles. The van der Waals surface area contributed by atoms with Gasteiger partial charge in [0, 0.05) is 13.1 Å². The lowest BCUT2D eigenvalue weighted by Gasteiger charge is -2.25. The maximum Gasteiger partial charge on any atom is 0.309 e. The molecule has 0 heterocycles. The quantitative estimate of drug-likeness (QED) is 0.519. The zero-order valence-corrected chi connectivity index (χ0v) is 11.0. The highest BCUT2D eigenvalue weighted by Crippen LogP contribution is 2.04. The summed E-state index contributed by atoms with van der Waals surface area (Å²) in [6, 6.07) is -0.290. The van der Waals surface area contributed by atoms with Crippen LogP contribution in [0, 0.1) is 5.92 Å². The van der Waals surface area contributed by atoms with Crippen molar-refractivity contribution in [3.63, 3.8) is 0 Å². The third-order valence-electron chi connectivity index (χ3n) is 2.63. The van der Waals surface area contributed by atoms with Gasteiger partial charge in [0.2, 0.25) is 5.91 Å². The smallest absolute Gasteiger partial charge is 0.309 e. The van der Waals surface area contributed by atoms with E-state index in [2.05, 4.69) is 16.6 Å². The third-order valence-corrected chi connectivity index (χ3v) is 2.63. The first-order chi connectivity index (χ1) is 7.93. The first-order valence-corrected chi connectivity index (χ1v) is 5.60. The molecule has 0 aromatic rings. The number of nitrogens with zero attached hydrogens (tertiary/aromatic N) is 1. The van der Waals surface area contributed by atoms with Gasteiger partial charge in [0.05, 0.1) is 19.1 Å². The summed E-state index contributed by atoms with van der Waals surface area (Å²) in [6.45, 7) is 8.03. The summed E-state index contributed by atoms with van der Waals surface area (Å²) < 4.78 is 4.64. The molecule has 0 aliphatic carbocycles. The summed E-state index contributed by atoms with van der Waals surface area (Å²) in [6.07, 6.45) is 1.63. The number of ether oxygens (including phenoxy) is 1. The summed E-state index contributed by atoms with van der Waals surface area (Å²) in [5, 5.41) is 2.71. The number of carbonyl (C=O) groups is 2. The van der Waals surface area contributed by atoms with Gasteiger partial charge in [-0.1, -0.05) is 13.0 Å². The Morgan fingerprint density at radius 1 is 1.47 bits per heavy atom. The van der Waals surface area contributed by atoms with Crippen molar-refractivity contribution in [1.82, 2.24) is 10.2 Å². The second-order valence-corrected chi connectivity index (χ2v) is 4.07. The van der Waals surface area contributed by atoms with Crippen LogP contribution in [0.1, 0.15) is 13.8 Å². The molecule has 0 aromatic carbocycles. The molecule has 0 aliphatic heterocycles. The molecule has 0 fully saturated rings. The Morgan fingerprint density at radius 2 is 2.06 bits per heavy atom. The Hall–Kier alpha value is -1.36. The summed E-state index contributed by atoms with van der Waals surface area (Å²) in [5.74, 6) is -0.598. The van der Waals surface area contributed by atoms with Crippen LogP contribution in [0.3, 0.4) is 0 Å². The van der Waals surface area contributed by atoms with Crippen LogP contribution < -0.4 is 5.32 Å². The van der Waals surface area contributed by atoms with E-state index in [1.165, 1.54) is 7.11 Å². The van der Waals surface area contributed by atoms with Gasteiger partial charge in [0.1, 0.15) is 0 Å². The van der Waals surface area contributed by atoms with Crippen molar-refractivity contribution in [2.24, 2.45) is 5.92 Å². The van der Waals surface area contributed by atoms with Crippen molar-refractivity contribution in [1.29, 1.82) is 0 Å². The summed E-state index contributed by atoms with van der Waals surface area (Å²) in [5.41, 5.74) is 0. The summed E-state index contributed by atoms with van der Waals surface area (Å²) >= 11 is 0. The van der Waals surface area contributed by atoms with Crippen LogP contribution in [-0.4, -0.2) is 50.1 Å². The number of hydrogen-bond donors (Lipinski definition) is 1. The van der Waals surface area contributed by atoms with Gasteiger partial charge in [0.15, 0.2) is 0 Å². The largest absolute Gasteiger partial charge is 0.469 e. The zero-order valence-electron chi connectivity index (χ0n) is 11.0. The lowest BCUT2D eigenvalue weighted by atomic mass is 10.1. The predicted molar refractivity (Wildman–Crippen MR) is 66.5 cm³/mol. The molecule has 0 spiro atoms. The molecule has 5 heteroatoms. The lowest BCUT2D eigenvalue weighted by molar-refractivity contribution is -0.146. The molecular weight excluding hydrogens is 220 g/mol. The Bertz CT molecular complexity index is 279. The van der Waals surface area contributed by atoms with Crippen molar-refractivity contribution < 1.29 is 14.3 Å². The van der Waals surface area contributed by atoms with E-state index in [0.717, 1.165) is 0 Å². The standard InChI is InChI=1S/C12H22N2O3/c1-6-7-13-11(15)10(3)14(4)8-9(2)12(16)17-5/h6,9-10H,1,7-8H2,2-5H3,(H,13,15). The molecule has 0 bridgehead atoms. The van der Waals surface area contributed by atoms with E-state index in [1.54, 1.807) is 27.0 Å². The van der Waals surface area contributed by atoms with Crippen LogP contribution in [0.2, 0.25) is 0 Å². The number of nitrogens with one attached hydrogen (secondary N) is 1. The first-order valence-electron chi connectivity index (χ1n) is 5.60. The molecular formula is C12H22N2O3. The number of rotatable bonds is 7. The van der Waals surface area contributed by atoms with Gasteiger partial charge in [-0.05, 0) is 14.0 Å². The molecule has 0 aliphatic rings. The van der Waals surface area contributed by atoms with Gasteiger partial charge in [-0.3, -0.25) is 14.5 Å². The fourth-order valence-corrected chi connectivity index (χ4v) is 1.39. The van der Waals surface area contributed by atoms with Gasteiger partial charge in [-0.25, -0.2) is 0 Å². The maximum atomic E-state index is 11.6. The zero-order chi connectivity index (χ0) is 13.4. The number of likely N-dealkylation sites (N-methyl/N-ethyl adjacent to an activating group) is 1. The van der Waals surface area contributed by atoms with Gasteiger partial charge in [-0.2, -0.15) is 0 Å². The van der Waals surface area contributed by atoms with Gasteiger partial charge < -0.3 is 10.1 Å². The van der Waals surface area contributed by atoms with Crippen LogP contribution in [0.5, 0.6) is 0 Å². The Kier molecular flexibility index (Phi) is 7.21. The van der Waals surface area contributed by atoms with E-state index in [9.17, 15) is 9.59 Å². The first kappa shape index (κ1) is 15.6. The van der Waals surface area contributed by atoms with E-state index >= 15 is 0 Å². The Labute approximate surface area is 103 Å². The number of amides is 1. The van der Waals surface area contributed by atoms with Crippen molar-refractivity contribution in [2.75, 3.05) is 27.2 Å². The fourth-order valence-electron chi connectivity index (χ4n) is 1.39. The van der Waals surface area contributed by atoms with Crippen LogP contribution in [0.15, 0.2) is 12.7 Å². The van der Waals surface area contributed by atoms with E-state index in [1.807, 2.05) is 4.90 Å². The molecule has 2 atom stereocenters. The van der Waals surface area contributed by atoms with E-state index in [4.69, 9.17) is 0 Å².